The fourth-order valence-corrected chi connectivity index (χ4v) is 4.03. The van der Waals surface area contributed by atoms with Crippen molar-refractivity contribution in [2.45, 2.75) is 26.7 Å². The molecule has 1 aliphatic rings. The van der Waals surface area contributed by atoms with Crippen LogP contribution in [0.15, 0.2) is 60.8 Å². The van der Waals surface area contributed by atoms with Crippen molar-refractivity contribution in [3.8, 4) is 5.69 Å². The standard InChI is InChI=1S/C25H28N4O2/c1-3-19-10-12-20(13-11-19)24(30)27-14-16-28(17-15-27)25(31)22-18-26-29(23(22)4-2)21-8-6-5-7-9-21/h5-13,18H,3-4,14-17H2,1-2H3. The maximum Gasteiger partial charge on any atom is 0.257 e. The molecular weight excluding hydrogens is 388 g/mol. The molecule has 0 spiro atoms. The van der Waals surface area contributed by atoms with Gasteiger partial charge in [-0.1, -0.05) is 44.2 Å². The molecule has 2 heterocycles. The van der Waals surface area contributed by atoms with E-state index < -0.39 is 0 Å². The van der Waals surface area contributed by atoms with E-state index in [2.05, 4.69) is 12.0 Å². The van der Waals surface area contributed by atoms with Gasteiger partial charge in [-0.3, -0.25) is 9.59 Å². The summed E-state index contributed by atoms with van der Waals surface area (Å²) >= 11 is 0. The number of piperazine rings is 1. The molecule has 0 unspecified atom stereocenters. The van der Waals surface area contributed by atoms with Crippen molar-refractivity contribution in [1.82, 2.24) is 19.6 Å². The monoisotopic (exact) mass is 416 g/mol. The minimum atomic E-state index is -0.0153. The zero-order chi connectivity index (χ0) is 21.8. The maximum atomic E-state index is 13.2. The Morgan fingerprint density at radius 2 is 1.42 bits per heavy atom. The fraction of sp³-hybridized carbons (Fsp3) is 0.320. The van der Waals surface area contributed by atoms with Crippen LogP contribution in [-0.4, -0.2) is 57.6 Å². The molecule has 1 aromatic heterocycles. The summed E-state index contributed by atoms with van der Waals surface area (Å²) in [5.41, 5.74) is 4.42. The number of carbonyl (C=O) groups excluding carboxylic acids is 2. The Morgan fingerprint density at radius 3 is 2.00 bits per heavy atom. The van der Waals surface area contributed by atoms with E-state index in [9.17, 15) is 9.59 Å². The van der Waals surface area contributed by atoms with Crippen LogP contribution >= 0.6 is 0 Å². The molecule has 6 nitrogen and oxygen atoms in total. The van der Waals surface area contributed by atoms with Gasteiger partial charge in [-0.25, -0.2) is 4.68 Å². The first-order valence-corrected chi connectivity index (χ1v) is 10.9. The Balaban J connectivity index is 1.44. The number of para-hydroxylation sites is 1. The minimum Gasteiger partial charge on any atom is -0.335 e. The van der Waals surface area contributed by atoms with Crippen LogP contribution in [0.4, 0.5) is 0 Å². The zero-order valence-electron chi connectivity index (χ0n) is 18.1. The van der Waals surface area contributed by atoms with Crippen molar-refractivity contribution < 1.29 is 9.59 Å². The second-order valence-corrected chi connectivity index (χ2v) is 7.74. The van der Waals surface area contributed by atoms with E-state index in [0.717, 1.165) is 17.8 Å². The highest BCUT2D eigenvalue weighted by atomic mass is 16.2. The maximum absolute atomic E-state index is 13.2. The molecule has 0 atom stereocenters. The van der Waals surface area contributed by atoms with E-state index in [1.165, 1.54) is 5.56 Å². The van der Waals surface area contributed by atoms with Crippen molar-refractivity contribution in [2.75, 3.05) is 26.2 Å². The van der Waals surface area contributed by atoms with Crippen molar-refractivity contribution in [2.24, 2.45) is 0 Å². The number of hydrogen-bond acceptors (Lipinski definition) is 3. The summed E-state index contributed by atoms with van der Waals surface area (Å²) in [7, 11) is 0. The Labute approximate surface area is 183 Å². The van der Waals surface area contributed by atoms with Crippen molar-refractivity contribution in [3.05, 3.63) is 83.2 Å². The summed E-state index contributed by atoms with van der Waals surface area (Å²) in [5.74, 6) is 0.0133. The largest absolute Gasteiger partial charge is 0.335 e. The van der Waals surface area contributed by atoms with Crippen molar-refractivity contribution in [1.29, 1.82) is 0 Å². The topological polar surface area (TPSA) is 58.4 Å². The van der Waals surface area contributed by atoms with Gasteiger partial charge in [0.25, 0.3) is 11.8 Å². The van der Waals surface area contributed by atoms with Gasteiger partial charge < -0.3 is 9.80 Å². The lowest BCUT2D eigenvalue weighted by atomic mass is 10.1. The van der Waals surface area contributed by atoms with Crippen LogP contribution in [0.1, 0.15) is 45.8 Å². The SMILES string of the molecule is CCc1ccc(C(=O)N2CCN(C(=O)c3cnn(-c4ccccc4)c3CC)CC2)cc1. The van der Waals surface area contributed by atoms with Gasteiger partial charge >= 0.3 is 0 Å². The quantitative estimate of drug-likeness (QED) is 0.639. The third kappa shape index (κ3) is 4.24. The van der Waals surface area contributed by atoms with Gasteiger partial charge in [0.2, 0.25) is 0 Å². The lowest BCUT2D eigenvalue weighted by Crippen LogP contribution is -2.50. The number of aromatic nitrogens is 2. The molecule has 2 aromatic carbocycles. The van der Waals surface area contributed by atoms with Gasteiger partial charge in [-0.2, -0.15) is 5.10 Å². The van der Waals surface area contributed by atoms with Crippen LogP contribution in [0.5, 0.6) is 0 Å². The number of amides is 2. The third-order valence-electron chi connectivity index (χ3n) is 5.90. The van der Waals surface area contributed by atoms with Gasteiger partial charge in [0.05, 0.1) is 23.1 Å². The Hall–Kier alpha value is -3.41. The number of rotatable bonds is 5. The lowest BCUT2D eigenvalue weighted by molar-refractivity contribution is 0.0535. The van der Waals surface area contributed by atoms with Gasteiger partial charge in [0, 0.05) is 31.7 Å². The first-order valence-electron chi connectivity index (χ1n) is 10.9. The smallest absolute Gasteiger partial charge is 0.257 e. The zero-order valence-corrected chi connectivity index (χ0v) is 18.1. The normalized spacial score (nSPS) is 14.0. The number of benzene rings is 2. The Kier molecular flexibility index (Phi) is 6.16. The van der Waals surface area contributed by atoms with Gasteiger partial charge in [-0.05, 0) is 42.7 Å². The molecule has 2 amide bonds. The molecule has 4 rings (SSSR count). The van der Waals surface area contributed by atoms with E-state index >= 15 is 0 Å². The van der Waals surface area contributed by atoms with Crippen LogP contribution in [0.3, 0.4) is 0 Å². The van der Waals surface area contributed by atoms with Gasteiger partial charge in [-0.15, -0.1) is 0 Å². The predicted octanol–water partition coefficient (Wildman–Crippen LogP) is 3.60. The summed E-state index contributed by atoms with van der Waals surface area (Å²) in [4.78, 5) is 29.7. The molecule has 0 aliphatic carbocycles. The van der Waals surface area contributed by atoms with Crippen LogP contribution < -0.4 is 0 Å². The summed E-state index contributed by atoms with van der Waals surface area (Å²) in [6, 6.07) is 17.6. The Morgan fingerprint density at radius 1 is 0.806 bits per heavy atom. The number of nitrogens with zero attached hydrogens (tertiary/aromatic N) is 4. The molecule has 160 valence electrons. The van der Waals surface area contributed by atoms with Crippen molar-refractivity contribution >= 4 is 11.8 Å². The summed E-state index contributed by atoms with van der Waals surface area (Å²) in [6.45, 7) is 6.26. The van der Waals surface area contributed by atoms with Crippen LogP contribution in [-0.2, 0) is 12.8 Å². The second-order valence-electron chi connectivity index (χ2n) is 7.74. The van der Waals surface area contributed by atoms with E-state index in [1.807, 2.05) is 76.0 Å². The first-order chi connectivity index (χ1) is 15.1. The number of carbonyl (C=O) groups is 2. The van der Waals surface area contributed by atoms with Crippen molar-refractivity contribution in [3.63, 3.8) is 0 Å². The molecule has 0 N–H and O–H groups in total. The molecule has 0 saturated carbocycles. The van der Waals surface area contributed by atoms with Gasteiger partial charge in [0.1, 0.15) is 0 Å². The molecule has 1 fully saturated rings. The van der Waals surface area contributed by atoms with Gasteiger partial charge in [0.15, 0.2) is 0 Å². The third-order valence-corrected chi connectivity index (χ3v) is 5.90. The molecule has 0 bridgehead atoms. The van der Waals surface area contributed by atoms with Crippen LogP contribution in [0, 0.1) is 0 Å². The highest BCUT2D eigenvalue weighted by Gasteiger charge is 2.28. The molecule has 1 saturated heterocycles. The minimum absolute atomic E-state index is 0.0153. The lowest BCUT2D eigenvalue weighted by Gasteiger charge is -2.34. The van der Waals surface area contributed by atoms with E-state index in [-0.39, 0.29) is 11.8 Å². The molecule has 1 aliphatic heterocycles. The average Bonchev–Trinajstić information content (AvgIpc) is 3.28. The Bertz CT molecular complexity index is 1050. The molecular formula is C25H28N4O2. The molecule has 6 heteroatoms. The van der Waals surface area contributed by atoms with Crippen LogP contribution in [0.2, 0.25) is 0 Å². The predicted molar refractivity (Wildman–Crippen MR) is 121 cm³/mol. The number of aryl methyl sites for hydroxylation is 1. The second kappa shape index (κ2) is 9.16. The first kappa shape index (κ1) is 20.8. The van der Waals surface area contributed by atoms with E-state index in [4.69, 9.17) is 0 Å². The molecule has 3 aromatic rings. The summed E-state index contributed by atoms with van der Waals surface area (Å²) < 4.78 is 1.84. The number of hydrogen-bond donors (Lipinski definition) is 0. The fourth-order valence-electron chi connectivity index (χ4n) is 4.03. The van der Waals surface area contributed by atoms with E-state index in [0.29, 0.717) is 43.7 Å². The highest BCUT2D eigenvalue weighted by Crippen LogP contribution is 2.19. The van der Waals surface area contributed by atoms with Crippen LogP contribution in [0.25, 0.3) is 5.69 Å². The summed E-state index contributed by atoms with van der Waals surface area (Å²) in [6.07, 6.45) is 3.33. The summed E-state index contributed by atoms with van der Waals surface area (Å²) in [5, 5.41) is 4.47. The highest BCUT2D eigenvalue weighted by molar-refractivity contribution is 5.96. The molecule has 31 heavy (non-hydrogen) atoms. The molecule has 0 radical (unpaired) electrons. The average molecular weight is 417 g/mol. The van der Waals surface area contributed by atoms with E-state index in [1.54, 1.807) is 6.20 Å².